The van der Waals surface area contributed by atoms with Gasteiger partial charge in [-0.05, 0) is 13.3 Å². The van der Waals surface area contributed by atoms with Crippen LogP contribution in [0.15, 0.2) is 0 Å². The Morgan fingerprint density at radius 3 is 2.18 bits per heavy atom. The van der Waals surface area contributed by atoms with Gasteiger partial charge in [0.25, 0.3) is 0 Å². The van der Waals surface area contributed by atoms with Crippen LogP contribution in [0.3, 0.4) is 0 Å². The third-order valence-electron chi connectivity index (χ3n) is 2.58. The van der Waals surface area contributed by atoms with Crippen LogP contribution >= 0.6 is 0 Å². The molecular formula is C11H18F3NO6S. The second-order valence-electron chi connectivity index (χ2n) is 4.38. The van der Waals surface area contributed by atoms with Gasteiger partial charge in [0.15, 0.2) is 5.25 Å². The second kappa shape index (κ2) is 8.32. The van der Waals surface area contributed by atoms with Gasteiger partial charge in [-0.3, -0.25) is 9.59 Å². The Labute approximate surface area is 125 Å². The minimum atomic E-state index is -5.24. The fourth-order valence-electron chi connectivity index (χ4n) is 1.57. The van der Waals surface area contributed by atoms with E-state index in [1.54, 1.807) is 6.92 Å². The predicted octanol–water partition coefficient (Wildman–Crippen LogP) is 1.04. The molecule has 22 heavy (non-hydrogen) atoms. The SMILES string of the molecule is CCCC(NS(=O)(=O)C(CC(=O)OCC)C(F)(F)F)C(=O)O. The highest BCUT2D eigenvalue weighted by Gasteiger charge is 2.51. The molecule has 0 amide bonds. The first-order chi connectivity index (χ1) is 9.95. The number of carboxylic acid groups (broad SMARTS) is 1. The summed E-state index contributed by atoms with van der Waals surface area (Å²) >= 11 is 0. The second-order valence-corrected chi connectivity index (χ2v) is 6.28. The van der Waals surface area contributed by atoms with Crippen molar-refractivity contribution < 1.29 is 41.0 Å². The summed E-state index contributed by atoms with van der Waals surface area (Å²) in [6.07, 6.45) is -6.62. The van der Waals surface area contributed by atoms with E-state index >= 15 is 0 Å². The van der Waals surface area contributed by atoms with E-state index in [-0.39, 0.29) is 19.4 Å². The predicted molar refractivity (Wildman–Crippen MR) is 69.5 cm³/mol. The summed E-state index contributed by atoms with van der Waals surface area (Å²) in [5.41, 5.74) is 0. The third-order valence-corrected chi connectivity index (χ3v) is 4.38. The first-order valence-electron chi connectivity index (χ1n) is 6.42. The lowest BCUT2D eigenvalue weighted by atomic mass is 10.2. The lowest BCUT2D eigenvalue weighted by Crippen LogP contribution is -2.50. The van der Waals surface area contributed by atoms with E-state index in [2.05, 4.69) is 4.74 Å². The number of carbonyl (C=O) groups excluding carboxylic acids is 1. The first-order valence-corrected chi connectivity index (χ1v) is 7.96. The molecule has 0 aliphatic rings. The van der Waals surface area contributed by atoms with Crippen molar-refractivity contribution in [3.05, 3.63) is 0 Å². The Balaban J connectivity index is 5.34. The zero-order valence-corrected chi connectivity index (χ0v) is 12.8. The molecule has 7 nitrogen and oxygen atoms in total. The van der Waals surface area contributed by atoms with Crippen molar-refractivity contribution in [2.45, 2.75) is 50.6 Å². The number of aliphatic carboxylic acids is 1. The summed E-state index contributed by atoms with van der Waals surface area (Å²) < 4.78 is 68.1. The number of hydrogen-bond acceptors (Lipinski definition) is 5. The number of carbonyl (C=O) groups is 2. The van der Waals surface area contributed by atoms with Crippen molar-refractivity contribution in [2.24, 2.45) is 0 Å². The van der Waals surface area contributed by atoms with Crippen LogP contribution < -0.4 is 4.72 Å². The van der Waals surface area contributed by atoms with Gasteiger partial charge < -0.3 is 9.84 Å². The van der Waals surface area contributed by atoms with E-state index in [0.29, 0.717) is 0 Å². The minimum Gasteiger partial charge on any atom is -0.480 e. The van der Waals surface area contributed by atoms with Gasteiger partial charge in [0.1, 0.15) is 6.04 Å². The van der Waals surface area contributed by atoms with Crippen LogP contribution in [0.2, 0.25) is 0 Å². The summed E-state index contributed by atoms with van der Waals surface area (Å²) in [6.45, 7) is 2.70. The van der Waals surface area contributed by atoms with Crippen molar-refractivity contribution in [2.75, 3.05) is 6.61 Å². The van der Waals surface area contributed by atoms with E-state index in [9.17, 15) is 31.2 Å². The normalized spacial score (nSPS) is 15.1. The number of nitrogens with one attached hydrogen (secondary N) is 1. The van der Waals surface area contributed by atoms with E-state index in [4.69, 9.17) is 5.11 Å². The Morgan fingerprint density at radius 1 is 1.27 bits per heavy atom. The summed E-state index contributed by atoms with van der Waals surface area (Å²) in [5, 5.41) is 5.75. The third kappa shape index (κ3) is 6.60. The molecule has 11 heteroatoms. The van der Waals surface area contributed by atoms with Crippen LogP contribution in [0.25, 0.3) is 0 Å². The molecule has 0 fully saturated rings. The quantitative estimate of drug-likeness (QED) is 0.602. The molecule has 0 aromatic heterocycles. The largest absolute Gasteiger partial charge is 0.480 e. The maximum Gasteiger partial charge on any atom is 0.407 e. The molecule has 2 unspecified atom stereocenters. The number of rotatable bonds is 9. The molecule has 0 bridgehead atoms. The van der Waals surface area contributed by atoms with E-state index in [1.807, 2.05) is 0 Å². The van der Waals surface area contributed by atoms with E-state index in [1.165, 1.54) is 11.6 Å². The van der Waals surface area contributed by atoms with E-state index in [0.717, 1.165) is 0 Å². The molecule has 0 saturated carbocycles. The topological polar surface area (TPSA) is 110 Å². The van der Waals surface area contributed by atoms with Gasteiger partial charge in [-0.15, -0.1) is 0 Å². The maximum atomic E-state index is 12.9. The summed E-state index contributed by atoms with van der Waals surface area (Å²) in [6, 6.07) is -1.69. The monoisotopic (exact) mass is 349 g/mol. The Hall–Kier alpha value is -1.36. The highest BCUT2D eigenvalue weighted by atomic mass is 32.2. The molecule has 2 N–H and O–H groups in total. The minimum absolute atomic E-state index is 0.182. The van der Waals surface area contributed by atoms with Crippen molar-refractivity contribution in [1.82, 2.24) is 4.72 Å². The van der Waals surface area contributed by atoms with Gasteiger partial charge in [-0.25, -0.2) is 13.1 Å². The van der Waals surface area contributed by atoms with Gasteiger partial charge in [0, 0.05) is 0 Å². The van der Waals surface area contributed by atoms with E-state index < -0.39 is 45.9 Å². The summed E-state index contributed by atoms with van der Waals surface area (Å²) in [7, 11) is -5.12. The summed E-state index contributed by atoms with van der Waals surface area (Å²) in [4.78, 5) is 22.0. The van der Waals surface area contributed by atoms with Crippen LogP contribution in [0.1, 0.15) is 33.1 Å². The number of hydrogen-bond donors (Lipinski definition) is 2. The molecule has 0 aliphatic heterocycles. The molecular weight excluding hydrogens is 331 g/mol. The van der Waals surface area contributed by atoms with Gasteiger partial charge in [0.2, 0.25) is 10.0 Å². The van der Waals surface area contributed by atoms with Gasteiger partial charge in [0.05, 0.1) is 13.0 Å². The standard InChI is InChI=1S/C11H18F3NO6S/c1-3-5-7(10(17)18)15-22(19,20)8(11(12,13)14)6-9(16)21-4-2/h7-8,15H,3-6H2,1-2H3,(H,17,18). The number of sulfonamides is 1. The molecule has 130 valence electrons. The zero-order chi connectivity index (χ0) is 17.6. The molecule has 0 aromatic carbocycles. The highest BCUT2D eigenvalue weighted by molar-refractivity contribution is 7.90. The molecule has 0 heterocycles. The molecule has 0 saturated heterocycles. The smallest absolute Gasteiger partial charge is 0.407 e. The van der Waals surface area contributed by atoms with Crippen molar-refractivity contribution in [1.29, 1.82) is 0 Å². The van der Waals surface area contributed by atoms with Crippen LogP contribution in [-0.2, 0) is 24.3 Å². The van der Waals surface area contributed by atoms with Crippen LogP contribution in [-0.4, -0.2) is 49.5 Å². The Bertz CT molecular complexity index is 491. The number of halogens is 3. The lowest BCUT2D eigenvalue weighted by Gasteiger charge is -2.22. The number of carboxylic acids is 1. The van der Waals surface area contributed by atoms with Gasteiger partial charge in [-0.1, -0.05) is 13.3 Å². The highest BCUT2D eigenvalue weighted by Crippen LogP contribution is 2.28. The molecule has 0 aromatic rings. The molecule has 0 rings (SSSR count). The average molecular weight is 349 g/mol. The number of esters is 1. The first kappa shape index (κ1) is 20.6. The zero-order valence-electron chi connectivity index (χ0n) is 12.0. The van der Waals surface area contributed by atoms with Crippen LogP contribution in [0.5, 0.6) is 0 Å². The van der Waals surface area contributed by atoms with Crippen molar-refractivity contribution in [3.63, 3.8) is 0 Å². The Morgan fingerprint density at radius 2 is 1.82 bits per heavy atom. The maximum absolute atomic E-state index is 12.9. The van der Waals surface area contributed by atoms with Gasteiger partial charge in [-0.2, -0.15) is 13.2 Å². The van der Waals surface area contributed by atoms with Crippen LogP contribution in [0, 0.1) is 0 Å². The van der Waals surface area contributed by atoms with Gasteiger partial charge >= 0.3 is 18.1 Å². The fraction of sp³-hybridized carbons (Fsp3) is 0.818. The number of alkyl halides is 3. The molecule has 2 atom stereocenters. The Kier molecular flexibility index (Phi) is 7.81. The molecule has 0 radical (unpaired) electrons. The number of ether oxygens (including phenoxy) is 1. The van der Waals surface area contributed by atoms with Crippen molar-refractivity contribution in [3.8, 4) is 0 Å². The fourth-order valence-corrected chi connectivity index (χ4v) is 3.06. The summed E-state index contributed by atoms with van der Waals surface area (Å²) in [5.74, 6) is -2.93. The molecule has 0 aliphatic carbocycles. The average Bonchev–Trinajstić information content (AvgIpc) is 2.34. The lowest BCUT2D eigenvalue weighted by molar-refractivity contribution is -0.155. The van der Waals surface area contributed by atoms with Crippen LogP contribution in [0.4, 0.5) is 13.2 Å². The molecule has 0 spiro atoms. The van der Waals surface area contributed by atoms with Crippen molar-refractivity contribution >= 4 is 22.0 Å².